The van der Waals surface area contributed by atoms with Gasteiger partial charge in [-0.15, -0.1) is 0 Å². The Hall–Kier alpha value is -2.83. The van der Waals surface area contributed by atoms with Gasteiger partial charge in [-0.3, -0.25) is 4.57 Å². The topological polar surface area (TPSA) is 88.5 Å². The number of hydrogen-bond acceptors (Lipinski definition) is 7. The van der Waals surface area contributed by atoms with Crippen molar-refractivity contribution in [1.29, 1.82) is 5.26 Å². The Morgan fingerprint density at radius 2 is 2.04 bits per heavy atom. The molecular formula is C19H23N6O2S+. The molecule has 3 heterocycles. The summed E-state index contributed by atoms with van der Waals surface area (Å²) in [4.78, 5) is 24.4. The van der Waals surface area contributed by atoms with E-state index in [1.807, 2.05) is 11.5 Å². The van der Waals surface area contributed by atoms with Crippen LogP contribution >= 0.6 is 12.2 Å². The second-order valence-electron chi connectivity index (χ2n) is 6.57. The third-order valence-electron chi connectivity index (χ3n) is 4.86. The van der Waals surface area contributed by atoms with Gasteiger partial charge in [0.25, 0.3) is 0 Å². The Labute approximate surface area is 169 Å². The highest BCUT2D eigenvalue weighted by Crippen LogP contribution is 2.15. The second-order valence-corrected chi connectivity index (χ2v) is 6.95. The Kier molecular flexibility index (Phi) is 6.34. The van der Waals surface area contributed by atoms with Crippen LogP contribution in [0.5, 0.6) is 0 Å². The fourth-order valence-electron chi connectivity index (χ4n) is 3.30. The molecule has 1 N–H and O–H groups in total. The van der Waals surface area contributed by atoms with Gasteiger partial charge in [-0.1, -0.05) is 12.2 Å². The van der Waals surface area contributed by atoms with E-state index in [4.69, 9.17) is 17.0 Å². The van der Waals surface area contributed by atoms with Crippen LogP contribution in [0.15, 0.2) is 24.5 Å². The average molecular weight is 400 g/mol. The number of ether oxygens (including phenoxy) is 1. The molecule has 0 aliphatic carbocycles. The number of piperazine rings is 1. The lowest BCUT2D eigenvalue weighted by Gasteiger charge is -2.33. The maximum atomic E-state index is 12.3. The number of nitrogens with zero attached hydrogens (tertiary/aromatic N) is 5. The zero-order chi connectivity index (χ0) is 20.1. The second kappa shape index (κ2) is 8.91. The van der Waals surface area contributed by atoms with E-state index in [0.29, 0.717) is 22.4 Å². The SMILES string of the molecule is CCOC(=O)c1cc(C#N)c(=S)n(C[NH+]2CCN(c3ncccn3)CC2)c1C. The molecule has 1 saturated heterocycles. The van der Waals surface area contributed by atoms with E-state index in [9.17, 15) is 10.1 Å². The summed E-state index contributed by atoms with van der Waals surface area (Å²) in [6, 6.07) is 5.44. The molecule has 3 rings (SSSR count). The lowest BCUT2D eigenvalue weighted by atomic mass is 10.1. The maximum Gasteiger partial charge on any atom is 0.339 e. The monoisotopic (exact) mass is 399 g/mol. The predicted molar refractivity (Wildman–Crippen MR) is 106 cm³/mol. The number of carbonyl (C=O) groups is 1. The third kappa shape index (κ3) is 4.18. The minimum absolute atomic E-state index is 0.282. The Morgan fingerprint density at radius 1 is 1.36 bits per heavy atom. The number of nitrogens with one attached hydrogen (secondary N) is 1. The molecule has 2 aromatic rings. The van der Waals surface area contributed by atoms with Gasteiger partial charge >= 0.3 is 5.97 Å². The fraction of sp³-hybridized carbons (Fsp3) is 0.421. The maximum absolute atomic E-state index is 12.3. The standard InChI is InChI=1S/C19H22N6O2S/c1-3-27-18(26)16-11-15(12-20)17(28)25(14(16)2)13-23-7-9-24(10-8-23)19-21-5-4-6-22-19/h4-6,11H,3,7-10,13H2,1-2H3/p+1. The van der Waals surface area contributed by atoms with Gasteiger partial charge in [0.2, 0.25) is 5.95 Å². The highest BCUT2D eigenvalue weighted by atomic mass is 32.1. The number of hydrogen-bond donors (Lipinski definition) is 1. The van der Waals surface area contributed by atoms with Crippen LogP contribution in [0.2, 0.25) is 0 Å². The summed E-state index contributed by atoms with van der Waals surface area (Å²) < 4.78 is 7.47. The van der Waals surface area contributed by atoms with E-state index < -0.39 is 5.97 Å². The Morgan fingerprint density at radius 3 is 2.64 bits per heavy atom. The van der Waals surface area contributed by atoms with E-state index in [1.54, 1.807) is 25.4 Å². The average Bonchev–Trinajstić information content (AvgIpc) is 2.72. The largest absolute Gasteiger partial charge is 0.462 e. The van der Waals surface area contributed by atoms with Crippen molar-refractivity contribution < 1.29 is 14.4 Å². The van der Waals surface area contributed by atoms with Crippen molar-refractivity contribution in [3.63, 3.8) is 0 Å². The van der Waals surface area contributed by atoms with Gasteiger partial charge < -0.3 is 14.5 Å². The van der Waals surface area contributed by atoms with Gasteiger partial charge in [0.05, 0.1) is 43.9 Å². The minimum Gasteiger partial charge on any atom is -0.462 e. The van der Waals surface area contributed by atoms with Gasteiger partial charge in [0.15, 0.2) is 6.67 Å². The lowest BCUT2D eigenvalue weighted by Crippen LogP contribution is -3.14. The van der Waals surface area contributed by atoms with Crippen LogP contribution in [0.4, 0.5) is 5.95 Å². The molecule has 0 spiro atoms. The normalized spacial score (nSPS) is 14.5. The van der Waals surface area contributed by atoms with Crippen LogP contribution in [-0.2, 0) is 11.4 Å². The van der Waals surface area contributed by atoms with Crippen LogP contribution in [0.25, 0.3) is 0 Å². The molecule has 28 heavy (non-hydrogen) atoms. The molecule has 0 bridgehead atoms. The zero-order valence-corrected chi connectivity index (χ0v) is 16.8. The quantitative estimate of drug-likeness (QED) is 0.586. The molecule has 146 valence electrons. The first-order chi connectivity index (χ1) is 13.5. The summed E-state index contributed by atoms with van der Waals surface area (Å²) in [7, 11) is 0. The molecule has 0 amide bonds. The van der Waals surface area contributed by atoms with Crippen molar-refractivity contribution in [3.8, 4) is 6.07 Å². The Balaban J connectivity index is 1.79. The first-order valence-electron chi connectivity index (χ1n) is 9.22. The summed E-state index contributed by atoms with van der Waals surface area (Å²) in [6.45, 7) is 7.89. The van der Waals surface area contributed by atoms with Crippen LogP contribution in [-0.4, -0.2) is 53.3 Å². The summed E-state index contributed by atoms with van der Waals surface area (Å²) >= 11 is 5.50. The molecule has 0 atom stereocenters. The van der Waals surface area contributed by atoms with Crippen molar-refractivity contribution in [3.05, 3.63) is 46.0 Å². The number of nitriles is 1. The van der Waals surface area contributed by atoms with Gasteiger partial charge in [-0.2, -0.15) is 5.26 Å². The number of rotatable bonds is 5. The smallest absolute Gasteiger partial charge is 0.339 e. The van der Waals surface area contributed by atoms with Gasteiger partial charge in [-0.25, -0.2) is 14.8 Å². The Bertz CT molecular complexity index is 945. The number of aromatic nitrogens is 3. The molecule has 8 nitrogen and oxygen atoms in total. The summed E-state index contributed by atoms with van der Waals surface area (Å²) in [5.74, 6) is 0.312. The molecule has 0 aromatic carbocycles. The molecule has 1 fully saturated rings. The van der Waals surface area contributed by atoms with E-state index in [2.05, 4.69) is 20.9 Å². The van der Waals surface area contributed by atoms with E-state index in [0.717, 1.165) is 37.8 Å². The van der Waals surface area contributed by atoms with Crippen molar-refractivity contribution in [1.82, 2.24) is 14.5 Å². The van der Waals surface area contributed by atoms with Crippen LogP contribution < -0.4 is 9.80 Å². The van der Waals surface area contributed by atoms with Gasteiger partial charge in [-0.05, 0) is 26.0 Å². The zero-order valence-electron chi connectivity index (χ0n) is 16.0. The third-order valence-corrected chi connectivity index (χ3v) is 5.30. The van der Waals surface area contributed by atoms with Crippen LogP contribution in [0.3, 0.4) is 0 Å². The van der Waals surface area contributed by atoms with Crippen molar-refractivity contribution in [2.45, 2.75) is 20.5 Å². The summed E-state index contributed by atoms with van der Waals surface area (Å²) in [5.41, 5.74) is 1.44. The van der Waals surface area contributed by atoms with Crippen molar-refractivity contribution in [2.24, 2.45) is 0 Å². The van der Waals surface area contributed by atoms with Crippen LogP contribution in [0.1, 0.15) is 28.5 Å². The highest BCUT2D eigenvalue weighted by molar-refractivity contribution is 7.71. The van der Waals surface area contributed by atoms with E-state index in [1.165, 1.54) is 11.0 Å². The first-order valence-corrected chi connectivity index (χ1v) is 9.63. The summed E-state index contributed by atoms with van der Waals surface area (Å²) in [6.07, 6.45) is 3.49. The molecule has 1 aliphatic rings. The molecular weight excluding hydrogens is 376 g/mol. The lowest BCUT2D eigenvalue weighted by molar-refractivity contribution is -0.923. The number of esters is 1. The van der Waals surface area contributed by atoms with Crippen molar-refractivity contribution >= 4 is 24.1 Å². The molecule has 0 radical (unpaired) electrons. The van der Waals surface area contributed by atoms with Gasteiger partial charge in [0.1, 0.15) is 10.7 Å². The van der Waals surface area contributed by atoms with E-state index >= 15 is 0 Å². The predicted octanol–water partition coefficient (Wildman–Crippen LogP) is 0.727. The van der Waals surface area contributed by atoms with Gasteiger partial charge in [0, 0.05) is 18.1 Å². The highest BCUT2D eigenvalue weighted by Gasteiger charge is 2.24. The number of quaternary nitrogens is 1. The molecule has 2 aromatic heterocycles. The molecule has 1 aliphatic heterocycles. The number of pyridine rings is 1. The fourth-order valence-corrected chi connectivity index (χ4v) is 3.60. The van der Waals surface area contributed by atoms with Crippen LogP contribution in [0, 0.1) is 22.9 Å². The molecule has 9 heteroatoms. The molecule has 0 saturated carbocycles. The van der Waals surface area contributed by atoms with E-state index in [-0.39, 0.29) is 6.61 Å². The first kappa shape index (κ1) is 19.9. The summed E-state index contributed by atoms with van der Waals surface area (Å²) in [5, 5.41) is 9.43. The minimum atomic E-state index is -0.429. The molecule has 0 unspecified atom stereocenters. The van der Waals surface area contributed by atoms with Crippen molar-refractivity contribution in [2.75, 3.05) is 37.7 Å². The number of anilines is 1. The number of carbonyl (C=O) groups excluding carboxylic acids is 1.